The third kappa shape index (κ3) is 10.7. The summed E-state index contributed by atoms with van der Waals surface area (Å²) in [5.41, 5.74) is 2.00. The fraction of sp³-hybridized carbons (Fsp3) is 0.220. The van der Waals surface area contributed by atoms with Gasteiger partial charge in [0.25, 0.3) is 20.2 Å². The number of nitrogens with zero attached hydrogens (tertiary/aromatic N) is 8. The maximum Gasteiger partial charge on any atom is 0.295 e. The first-order valence-electron chi connectivity index (χ1n) is 19.6. The van der Waals surface area contributed by atoms with Crippen LogP contribution in [0.1, 0.15) is 30.4 Å². The topological polar surface area (TPSA) is 250 Å². The molecule has 0 unspecified atom stereocenters. The van der Waals surface area contributed by atoms with Crippen LogP contribution in [0.15, 0.2) is 107 Å². The summed E-state index contributed by atoms with van der Waals surface area (Å²) >= 11 is 0. The van der Waals surface area contributed by atoms with Gasteiger partial charge in [-0.1, -0.05) is 60.7 Å². The molecule has 2 fully saturated rings. The zero-order chi connectivity index (χ0) is 43.1. The lowest BCUT2D eigenvalue weighted by Crippen LogP contribution is -2.37. The van der Waals surface area contributed by atoms with E-state index in [4.69, 9.17) is 4.74 Å². The number of ether oxygens (including phenoxy) is 1. The van der Waals surface area contributed by atoms with Gasteiger partial charge in [-0.2, -0.15) is 46.7 Å². The van der Waals surface area contributed by atoms with Crippen molar-refractivity contribution in [2.45, 2.75) is 29.1 Å². The summed E-state index contributed by atoms with van der Waals surface area (Å²) in [6, 6.07) is 27.0. The SMILES string of the molecule is O=S(=O)(O)c1cc(Nc2nc(Nc3ccccc3)nc(N3CCCCC3)n2)ccc1/C=C/c1ccc(Nc2nc(Nc3ccccc3)nc(N3CCOCC3)n2)cc1S(=O)(=O)O. The normalized spacial score (nSPS) is 14.7. The van der Waals surface area contributed by atoms with Crippen LogP contribution < -0.4 is 31.1 Å². The molecule has 62 heavy (non-hydrogen) atoms. The smallest absolute Gasteiger partial charge is 0.295 e. The quantitative estimate of drug-likeness (QED) is 0.0503. The van der Waals surface area contributed by atoms with Gasteiger partial charge in [-0.3, -0.25) is 9.11 Å². The largest absolute Gasteiger partial charge is 0.378 e. The van der Waals surface area contributed by atoms with E-state index in [9.17, 15) is 25.9 Å². The van der Waals surface area contributed by atoms with Crippen molar-refractivity contribution in [1.82, 2.24) is 29.9 Å². The highest BCUT2D eigenvalue weighted by atomic mass is 32.2. The Morgan fingerprint density at radius 1 is 0.484 bits per heavy atom. The summed E-state index contributed by atoms with van der Waals surface area (Å²) < 4.78 is 77.1. The third-order valence-corrected chi connectivity index (χ3v) is 11.6. The van der Waals surface area contributed by atoms with Crippen molar-refractivity contribution in [2.75, 3.05) is 70.5 Å². The van der Waals surface area contributed by atoms with Crippen LogP contribution in [-0.4, -0.2) is 95.2 Å². The van der Waals surface area contributed by atoms with Crippen LogP contribution in [0.2, 0.25) is 0 Å². The van der Waals surface area contributed by atoms with Gasteiger partial charge in [0.1, 0.15) is 9.79 Å². The van der Waals surface area contributed by atoms with Crippen molar-refractivity contribution >= 4 is 90.8 Å². The summed E-state index contributed by atoms with van der Waals surface area (Å²) in [4.78, 5) is 30.4. The van der Waals surface area contributed by atoms with E-state index >= 15 is 0 Å². The van der Waals surface area contributed by atoms with Gasteiger partial charge in [-0.15, -0.1) is 0 Å². The second-order valence-electron chi connectivity index (χ2n) is 14.2. The van der Waals surface area contributed by atoms with Crippen LogP contribution in [0.25, 0.3) is 12.2 Å². The van der Waals surface area contributed by atoms with Gasteiger partial charge in [0.05, 0.1) is 13.2 Å². The number of hydrogen-bond acceptors (Lipinski definition) is 17. The molecule has 0 aliphatic carbocycles. The van der Waals surface area contributed by atoms with Crippen LogP contribution in [0.4, 0.5) is 58.4 Å². The van der Waals surface area contributed by atoms with E-state index in [1.807, 2.05) is 65.6 Å². The molecule has 19 nitrogen and oxygen atoms in total. The molecule has 2 saturated heterocycles. The molecular weight excluding hydrogens is 837 g/mol. The van der Waals surface area contributed by atoms with E-state index in [-0.39, 0.29) is 46.3 Å². The van der Waals surface area contributed by atoms with Gasteiger partial charge in [-0.25, -0.2) is 0 Å². The number of para-hydroxylation sites is 2. The van der Waals surface area contributed by atoms with E-state index < -0.39 is 30.0 Å². The van der Waals surface area contributed by atoms with Crippen LogP contribution in [0.5, 0.6) is 0 Å². The summed E-state index contributed by atoms with van der Waals surface area (Å²) in [5, 5.41) is 12.4. The number of anilines is 10. The lowest BCUT2D eigenvalue weighted by atomic mass is 10.1. The van der Waals surface area contributed by atoms with E-state index in [0.29, 0.717) is 38.2 Å². The molecule has 6 N–H and O–H groups in total. The first-order chi connectivity index (χ1) is 29.9. The average molecular weight is 879 g/mol. The predicted molar refractivity (Wildman–Crippen MR) is 236 cm³/mol. The molecule has 4 heterocycles. The summed E-state index contributed by atoms with van der Waals surface area (Å²) in [7, 11) is -9.65. The van der Waals surface area contributed by atoms with Crippen LogP contribution >= 0.6 is 0 Å². The fourth-order valence-electron chi connectivity index (χ4n) is 6.78. The number of rotatable bonds is 14. The lowest BCUT2D eigenvalue weighted by Gasteiger charge is -2.27. The summed E-state index contributed by atoms with van der Waals surface area (Å²) in [6.07, 6.45) is 5.70. The minimum atomic E-state index is -4.83. The van der Waals surface area contributed by atoms with Crippen molar-refractivity contribution < 1.29 is 30.7 Å². The molecule has 0 spiro atoms. The number of morpholine rings is 1. The molecule has 2 aromatic heterocycles. The highest BCUT2D eigenvalue weighted by Crippen LogP contribution is 2.30. The van der Waals surface area contributed by atoms with Crippen LogP contribution in [-0.2, 0) is 25.0 Å². The Kier molecular flexibility index (Phi) is 12.5. The van der Waals surface area contributed by atoms with Gasteiger partial charge in [0.15, 0.2) is 0 Å². The second kappa shape index (κ2) is 18.5. The van der Waals surface area contributed by atoms with Crippen molar-refractivity contribution in [1.29, 1.82) is 0 Å². The average Bonchev–Trinajstić information content (AvgIpc) is 3.27. The van der Waals surface area contributed by atoms with Gasteiger partial charge in [0.2, 0.25) is 35.7 Å². The van der Waals surface area contributed by atoms with E-state index in [0.717, 1.165) is 43.7 Å². The van der Waals surface area contributed by atoms with Crippen molar-refractivity contribution in [3.05, 3.63) is 108 Å². The van der Waals surface area contributed by atoms with Crippen LogP contribution in [0, 0.1) is 0 Å². The summed E-state index contributed by atoms with van der Waals surface area (Å²) in [6.45, 7) is 3.61. The van der Waals surface area contributed by atoms with Gasteiger partial charge in [-0.05, 0) is 78.9 Å². The predicted octanol–water partition coefficient (Wildman–Crippen LogP) is 6.52. The minimum Gasteiger partial charge on any atom is -0.378 e. The lowest BCUT2D eigenvalue weighted by molar-refractivity contribution is 0.122. The number of nitrogens with one attached hydrogen (secondary N) is 4. The van der Waals surface area contributed by atoms with Crippen LogP contribution in [0.3, 0.4) is 0 Å². The Morgan fingerprint density at radius 2 is 0.871 bits per heavy atom. The standard InChI is InChI=1S/C41H42N12O7S2/c54-61(55,56)34-26-32(44-38-46-36(42-30-10-4-1-5-11-30)48-40(50-38)52-20-8-3-9-21-52)18-16-28(34)14-15-29-17-19-33(27-35(29)62(57,58)59)45-39-47-37(43-31-12-6-2-7-13-31)49-41(51-39)53-22-24-60-25-23-53/h1-2,4-7,10-19,26-27H,3,8-9,20-25H2,(H,54,55,56)(H,57,58,59)(H2,42,44,46,48,50)(H2,43,45,47,49,51)/b15-14+. The Hall–Kier alpha value is -6.78. The van der Waals surface area contributed by atoms with E-state index in [2.05, 4.69) is 56.1 Å². The molecule has 4 aromatic carbocycles. The zero-order valence-corrected chi connectivity index (χ0v) is 34.7. The van der Waals surface area contributed by atoms with Gasteiger partial charge < -0.3 is 35.8 Å². The maximum absolute atomic E-state index is 12.7. The molecule has 320 valence electrons. The first kappa shape index (κ1) is 41.9. The number of hydrogen-bond donors (Lipinski definition) is 6. The van der Waals surface area contributed by atoms with Crippen molar-refractivity contribution in [2.24, 2.45) is 0 Å². The van der Waals surface area contributed by atoms with Gasteiger partial charge >= 0.3 is 0 Å². The Labute approximate surface area is 357 Å². The molecule has 0 amide bonds. The Morgan fingerprint density at radius 3 is 1.27 bits per heavy atom. The van der Waals surface area contributed by atoms with Gasteiger partial charge in [0, 0.05) is 48.9 Å². The minimum absolute atomic E-state index is 0.0199. The fourth-order valence-corrected chi connectivity index (χ4v) is 8.20. The second-order valence-corrected chi connectivity index (χ2v) is 17.0. The molecule has 0 atom stereocenters. The molecular formula is C41H42N12O7S2. The highest BCUT2D eigenvalue weighted by molar-refractivity contribution is 7.86. The molecule has 2 aliphatic rings. The number of benzene rings is 4. The molecule has 0 saturated carbocycles. The highest BCUT2D eigenvalue weighted by Gasteiger charge is 2.22. The molecule has 21 heteroatoms. The zero-order valence-electron chi connectivity index (χ0n) is 33.1. The van der Waals surface area contributed by atoms with Crippen molar-refractivity contribution in [3.8, 4) is 0 Å². The van der Waals surface area contributed by atoms with E-state index in [1.54, 1.807) is 12.1 Å². The molecule has 0 bridgehead atoms. The Bertz CT molecular complexity index is 2600. The van der Waals surface area contributed by atoms with E-state index in [1.165, 1.54) is 36.4 Å². The number of aromatic nitrogens is 6. The molecule has 2 aliphatic heterocycles. The first-order valence-corrected chi connectivity index (χ1v) is 22.5. The van der Waals surface area contributed by atoms with Crippen molar-refractivity contribution in [3.63, 3.8) is 0 Å². The number of piperidine rings is 1. The molecule has 6 aromatic rings. The third-order valence-electron chi connectivity index (χ3n) is 9.78. The molecule has 0 radical (unpaired) electrons. The monoisotopic (exact) mass is 878 g/mol. The Balaban J connectivity index is 1.06. The summed E-state index contributed by atoms with van der Waals surface area (Å²) in [5.74, 6) is 1.56. The molecule has 8 rings (SSSR count). The maximum atomic E-state index is 12.7.